The van der Waals surface area contributed by atoms with Gasteiger partial charge < -0.3 is 24.4 Å². The van der Waals surface area contributed by atoms with Gasteiger partial charge in [0.25, 0.3) is 5.91 Å². The molecule has 1 amide bonds. The van der Waals surface area contributed by atoms with Crippen LogP contribution in [0.1, 0.15) is 6.92 Å². The topological polar surface area (TPSA) is 77.1 Å². The average Bonchev–Trinajstić information content (AvgIpc) is 2.75. The molecule has 1 atom stereocenters. The van der Waals surface area contributed by atoms with Crippen LogP contribution in [0.4, 0.5) is 15.8 Å². The van der Waals surface area contributed by atoms with Crippen LogP contribution in [0.5, 0.6) is 5.75 Å². The lowest BCUT2D eigenvalue weighted by Gasteiger charge is -2.28. The molecule has 2 aromatic carbocycles. The first-order valence-electron chi connectivity index (χ1n) is 9.33. The van der Waals surface area contributed by atoms with Crippen LogP contribution in [0, 0.1) is 5.82 Å². The van der Waals surface area contributed by atoms with Crippen molar-refractivity contribution < 1.29 is 28.2 Å². The van der Waals surface area contributed by atoms with Crippen molar-refractivity contribution >= 4 is 23.3 Å². The molecule has 0 unspecified atom stereocenters. The van der Waals surface area contributed by atoms with Crippen molar-refractivity contribution in [1.82, 2.24) is 0 Å². The van der Waals surface area contributed by atoms with E-state index in [2.05, 4.69) is 10.2 Å². The molecular weight excluding hydrogens is 379 g/mol. The lowest BCUT2D eigenvalue weighted by atomic mass is 10.2. The van der Waals surface area contributed by atoms with Crippen molar-refractivity contribution in [2.75, 3.05) is 43.1 Å². The van der Waals surface area contributed by atoms with Crippen LogP contribution in [-0.2, 0) is 19.1 Å². The molecule has 29 heavy (non-hydrogen) atoms. The summed E-state index contributed by atoms with van der Waals surface area (Å²) in [4.78, 5) is 26.2. The maximum absolute atomic E-state index is 12.9. The second-order valence-electron chi connectivity index (χ2n) is 6.52. The normalized spacial score (nSPS) is 14.8. The molecule has 2 aromatic rings. The molecule has 0 saturated carbocycles. The first kappa shape index (κ1) is 20.6. The Morgan fingerprint density at radius 2 is 1.76 bits per heavy atom. The average molecular weight is 402 g/mol. The largest absolute Gasteiger partial charge is 0.479 e. The van der Waals surface area contributed by atoms with Gasteiger partial charge in [-0.15, -0.1) is 0 Å². The number of benzene rings is 2. The molecule has 1 N–H and O–H groups in total. The summed E-state index contributed by atoms with van der Waals surface area (Å²) in [7, 11) is 0. The standard InChI is InChI=1S/C21H23FN2O5/c1-15(29-19-8-2-16(22)3-9-19)21(26)28-14-20(25)23-17-4-6-18(7-5-17)24-10-12-27-13-11-24/h2-9,15H,10-14H2,1H3,(H,23,25)/t15-/m1/s1. The van der Waals surface area contributed by atoms with Crippen molar-refractivity contribution in [3.63, 3.8) is 0 Å². The number of nitrogens with zero attached hydrogens (tertiary/aromatic N) is 1. The predicted octanol–water partition coefficient (Wildman–Crippen LogP) is 2.61. The highest BCUT2D eigenvalue weighted by atomic mass is 19.1. The molecule has 1 saturated heterocycles. The van der Waals surface area contributed by atoms with E-state index in [1.807, 2.05) is 12.1 Å². The van der Waals surface area contributed by atoms with Gasteiger partial charge in [-0.3, -0.25) is 4.79 Å². The number of ether oxygens (including phenoxy) is 3. The molecule has 1 aliphatic rings. The van der Waals surface area contributed by atoms with Crippen LogP contribution in [0.15, 0.2) is 48.5 Å². The third kappa shape index (κ3) is 6.18. The van der Waals surface area contributed by atoms with Gasteiger partial charge in [0.05, 0.1) is 13.2 Å². The van der Waals surface area contributed by atoms with Crippen molar-refractivity contribution in [1.29, 1.82) is 0 Å². The number of esters is 1. The van der Waals surface area contributed by atoms with E-state index in [1.165, 1.54) is 31.2 Å². The van der Waals surface area contributed by atoms with Gasteiger partial charge in [-0.25, -0.2) is 9.18 Å². The van der Waals surface area contributed by atoms with Gasteiger partial charge in [-0.2, -0.15) is 0 Å². The van der Waals surface area contributed by atoms with Crippen molar-refractivity contribution in [2.45, 2.75) is 13.0 Å². The van der Waals surface area contributed by atoms with Crippen molar-refractivity contribution in [3.8, 4) is 5.75 Å². The van der Waals surface area contributed by atoms with E-state index in [4.69, 9.17) is 14.2 Å². The Bertz CT molecular complexity index is 820. The van der Waals surface area contributed by atoms with Gasteiger partial charge in [-0.1, -0.05) is 0 Å². The molecule has 1 aliphatic heterocycles. The summed E-state index contributed by atoms with van der Waals surface area (Å²) in [6, 6.07) is 12.7. The number of rotatable bonds is 7. The highest BCUT2D eigenvalue weighted by Gasteiger charge is 2.18. The van der Waals surface area contributed by atoms with Crippen LogP contribution in [0.2, 0.25) is 0 Å². The van der Waals surface area contributed by atoms with E-state index in [0.29, 0.717) is 24.7 Å². The molecule has 8 heteroatoms. The fourth-order valence-electron chi connectivity index (χ4n) is 2.79. The quantitative estimate of drug-likeness (QED) is 0.718. The molecule has 0 spiro atoms. The Balaban J connectivity index is 1.42. The third-order valence-corrected chi connectivity index (χ3v) is 4.33. The summed E-state index contributed by atoms with van der Waals surface area (Å²) in [5.41, 5.74) is 1.67. The van der Waals surface area contributed by atoms with E-state index in [9.17, 15) is 14.0 Å². The van der Waals surface area contributed by atoms with E-state index in [0.717, 1.165) is 18.8 Å². The van der Waals surface area contributed by atoms with Gasteiger partial charge in [-0.05, 0) is 55.5 Å². The minimum Gasteiger partial charge on any atom is -0.479 e. The van der Waals surface area contributed by atoms with Crippen LogP contribution < -0.4 is 15.0 Å². The molecule has 0 bridgehead atoms. The van der Waals surface area contributed by atoms with Crippen LogP contribution in [-0.4, -0.2) is 50.9 Å². The molecule has 0 aromatic heterocycles. The van der Waals surface area contributed by atoms with Crippen LogP contribution >= 0.6 is 0 Å². The number of morpholine rings is 1. The maximum atomic E-state index is 12.9. The summed E-state index contributed by atoms with van der Waals surface area (Å²) in [5.74, 6) is -1.21. The van der Waals surface area contributed by atoms with Crippen molar-refractivity contribution in [3.05, 3.63) is 54.3 Å². The van der Waals surface area contributed by atoms with Gasteiger partial charge in [0.2, 0.25) is 0 Å². The SMILES string of the molecule is C[C@@H](Oc1ccc(F)cc1)C(=O)OCC(=O)Nc1ccc(N2CCOCC2)cc1. The van der Waals surface area contributed by atoms with E-state index < -0.39 is 30.4 Å². The zero-order valence-corrected chi connectivity index (χ0v) is 16.1. The summed E-state index contributed by atoms with van der Waals surface area (Å²) >= 11 is 0. The Morgan fingerprint density at radius 3 is 2.41 bits per heavy atom. The Kier molecular flexibility index (Phi) is 7.02. The van der Waals surface area contributed by atoms with Crippen LogP contribution in [0.3, 0.4) is 0 Å². The fourth-order valence-corrected chi connectivity index (χ4v) is 2.79. The smallest absolute Gasteiger partial charge is 0.347 e. The van der Waals surface area contributed by atoms with Gasteiger partial charge in [0, 0.05) is 24.5 Å². The first-order valence-corrected chi connectivity index (χ1v) is 9.33. The highest BCUT2D eigenvalue weighted by molar-refractivity contribution is 5.93. The van der Waals surface area contributed by atoms with E-state index in [-0.39, 0.29) is 0 Å². The fraction of sp³-hybridized carbons (Fsp3) is 0.333. The van der Waals surface area contributed by atoms with Gasteiger partial charge >= 0.3 is 5.97 Å². The minimum atomic E-state index is -0.930. The molecular formula is C21H23FN2O5. The number of carbonyl (C=O) groups is 2. The summed E-state index contributed by atoms with van der Waals surface area (Å²) < 4.78 is 28.6. The first-order chi connectivity index (χ1) is 14.0. The van der Waals surface area contributed by atoms with E-state index >= 15 is 0 Å². The zero-order chi connectivity index (χ0) is 20.6. The summed E-state index contributed by atoms with van der Waals surface area (Å²) in [6.07, 6.45) is -0.930. The monoisotopic (exact) mass is 402 g/mol. The van der Waals surface area contributed by atoms with Crippen molar-refractivity contribution in [2.24, 2.45) is 0 Å². The predicted molar refractivity (Wildman–Crippen MR) is 106 cm³/mol. The van der Waals surface area contributed by atoms with E-state index in [1.54, 1.807) is 12.1 Å². The summed E-state index contributed by atoms with van der Waals surface area (Å²) in [6.45, 7) is 4.13. The number of hydrogen-bond donors (Lipinski definition) is 1. The van der Waals surface area contributed by atoms with Gasteiger partial charge in [0.15, 0.2) is 12.7 Å². The Morgan fingerprint density at radius 1 is 1.10 bits per heavy atom. The molecule has 1 heterocycles. The summed E-state index contributed by atoms with van der Waals surface area (Å²) in [5, 5.41) is 2.68. The third-order valence-electron chi connectivity index (χ3n) is 4.33. The lowest BCUT2D eigenvalue weighted by Crippen LogP contribution is -2.36. The molecule has 0 radical (unpaired) electrons. The second-order valence-corrected chi connectivity index (χ2v) is 6.52. The number of carbonyl (C=O) groups excluding carboxylic acids is 2. The van der Waals surface area contributed by atoms with Gasteiger partial charge in [0.1, 0.15) is 11.6 Å². The molecule has 0 aliphatic carbocycles. The minimum absolute atomic E-state index is 0.334. The number of nitrogens with one attached hydrogen (secondary N) is 1. The molecule has 7 nitrogen and oxygen atoms in total. The number of amides is 1. The zero-order valence-electron chi connectivity index (χ0n) is 16.1. The molecule has 1 fully saturated rings. The van der Waals surface area contributed by atoms with Crippen LogP contribution in [0.25, 0.3) is 0 Å². The second kappa shape index (κ2) is 9.88. The number of anilines is 2. The lowest BCUT2D eigenvalue weighted by molar-refractivity contribution is -0.153. The number of hydrogen-bond acceptors (Lipinski definition) is 6. The Hall–Kier alpha value is -3.13. The Labute approximate surface area is 168 Å². The molecule has 154 valence electrons. The number of halogens is 1. The maximum Gasteiger partial charge on any atom is 0.347 e. The molecule has 3 rings (SSSR count). The highest BCUT2D eigenvalue weighted by Crippen LogP contribution is 2.19.